The third kappa shape index (κ3) is 3.82. The number of nitrogens with zero attached hydrogens (tertiary/aromatic N) is 1. The second-order valence-electron chi connectivity index (χ2n) is 4.40. The summed E-state index contributed by atoms with van der Waals surface area (Å²) in [5.41, 5.74) is 1.14. The minimum absolute atomic E-state index is 0.115. The van der Waals surface area contributed by atoms with Gasteiger partial charge in [-0.2, -0.15) is 0 Å². The molecular formula is C15H16N2O3S. The average molecular weight is 304 g/mol. The summed E-state index contributed by atoms with van der Waals surface area (Å²) < 4.78 is 0. The van der Waals surface area contributed by atoms with E-state index in [1.165, 1.54) is 17.4 Å². The molecule has 1 heterocycles. The molecule has 0 aliphatic carbocycles. The first-order chi connectivity index (χ1) is 10.1. The molecule has 0 spiro atoms. The summed E-state index contributed by atoms with van der Waals surface area (Å²) in [6, 6.07) is 10.8. The third-order valence-electron chi connectivity index (χ3n) is 3.00. The fourth-order valence-electron chi connectivity index (χ4n) is 1.88. The van der Waals surface area contributed by atoms with Crippen molar-refractivity contribution < 1.29 is 14.7 Å². The molecule has 5 nitrogen and oxygen atoms in total. The van der Waals surface area contributed by atoms with E-state index in [0.717, 1.165) is 5.56 Å². The number of carboxylic acid groups (broad SMARTS) is 1. The van der Waals surface area contributed by atoms with Crippen molar-refractivity contribution in [3.05, 3.63) is 52.9 Å². The Kier molecular flexibility index (Phi) is 4.94. The minimum atomic E-state index is -1.04. The van der Waals surface area contributed by atoms with E-state index in [9.17, 15) is 9.59 Å². The lowest BCUT2D eigenvalue weighted by atomic mass is 10.2. The lowest BCUT2D eigenvalue weighted by Crippen LogP contribution is -2.34. The Morgan fingerprint density at radius 3 is 2.57 bits per heavy atom. The van der Waals surface area contributed by atoms with Crippen LogP contribution in [0.2, 0.25) is 0 Å². The van der Waals surface area contributed by atoms with E-state index in [2.05, 4.69) is 5.32 Å². The Bertz CT molecular complexity index is 625. The van der Waals surface area contributed by atoms with Crippen molar-refractivity contribution in [1.82, 2.24) is 4.90 Å². The summed E-state index contributed by atoms with van der Waals surface area (Å²) in [7, 11) is 0. The third-order valence-corrected chi connectivity index (χ3v) is 3.83. The largest absolute Gasteiger partial charge is 0.478 e. The molecule has 0 unspecified atom stereocenters. The van der Waals surface area contributed by atoms with Crippen LogP contribution >= 0.6 is 11.3 Å². The Balaban J connectivity index is 2.06. The summed E-state index contributed by atoms with van der Waals surface area (Å²) in [4.78, 5) is 24.9. The zero-order chi connectivity index (χ0) is 15.2. The van der Waals surface area contributed by atoms with Gasteiger partial charge in [0.05, 0.1) is 5.56 Å². The van der Waals surface area contributed by atoms with Crippen molar-refractivity contribution in [2.45, 2.75) is 13.5 Å². The molecule has 0 aliphatic rings. The summed E-state index contributed by atoms with van der Waals surface area (Å²) >= 11 is 1.20. The first-order valence-electron chi connectivity index (χ1n) is 6.52. The molecule has 1 aromatic carbocycles. The lowest BCUT2D eigenvalue weighted by Gasteiger charge is -2.21. The average Bonchev–Trinajstić information content (AvgIpc) is 2.94. The SMILES string of the molecule is CCN(Cc1ccccc1)C(=O)Nc1sccc1C(=O)O. The normalized spacial score (nSPS) is 10.1. The van der Waals surface area contributed by atoms with E-state index < -0.39 is 5.97 Å². The fourth-order valence-corrected chi connectivity index (χ4v) is 2.65. The highest BCUT2D eigenvalue weighted by molar-refractivity contribution is 7.14. The summed E-state index contributed by atoms with van der Waals surface area (Å²) in [5.74, 6) is -1.04. The van der Waals surface area contributed by atoms with Gasteiger partial charge >= 0.3 is 12.0 Å². The Labute approximate surface area is 126 Å². The van der Waals surface area contributed by atoms with Gasteiger partial charge in [0.1, 0.15) is 5.00 Å². The summed E-state index contributed by atoms with van der Waals surface area (Å²) in [5, 5.41) is 13.7. The van der Waals surface area contributed by atoms with Crippen molar-refractivity contribution in [2.24, 2.45) is 0 Å². The second kappa shape index (κ2) is 6.90. The van der Waals surface area contributed by atoms with E-state index in [-0.39, 0.29) is 11.6 Å². The minimum Gasteiger partial charge on any atom is -0.478 e. The number of hydrogen-bond acceptors (Lipinski definition) is 3. The van der Waals surface area contributed by atoms with Crippen LogP contribution in [0.3, 0.4) is 0 Å². The predicted octanol–water partition coefficient (Wildman–Crippen LogP) is 3.50. The molecule has 2 aromatic rings. The number of anilines is 1. The fraction of sp³-hybridized carbons (Fsp3) is 0.200. The van der Waals surface area contributed by atoms with Gasteiger partial charge in [0.15, 0.2) is 0 Å². The maximum absolute atomic E-state index is 12.2. The molecule has 1 aromatic heterocycles. The van der Waals surface area contributed by atoms with Crippen molar-refractivity contribution >= 4 is 28.3 Å². The van der Waals surface area contributed by atoms with Crippen LogP contribution in [0.1, 0.15) is 22.8 Å². The molecule has 6 heteroatoms. The van der Waals surface area contributed by atoms with Crippen LogP contribution in [0.4, 0.5) is 9.80 Å². The number of benzene rings is 1. The van der Waals surface area contributed by atoms with Crippen molar-refractivity contribution in [3.8, 4) is 0 Å². The number of amides is 2. The van der Waals surface area contributed by atoms with Gasteiger partial charge < -0.3 is 10.0 Å². The topological polar surface area (TPSA) is 69.6 Å². The Morgan fingerprint density at radius 1 is 1.24 bits per heavy atom. The molecule has 2 amide bonds. The smallest absolute Gasteiger partial charge is 0.338 e. The number of thiophene rings is 1. The second-order valence-corrected chi connectivity index (χ2v) is 5.31. The molecule has 0 atom stereocenters. The summed E-state index contributed by atoms with van der Waals surface area (Å²) in [6.07, 6.45) is 0. The quantitative estimate of drug-likeness (QED) is 0.888. The number of hydrogen-bond donors (Lipinski definition) is 2. The number of carbonyl (C=O) groups is 2. The van der Waals surface area contributed by atoms with Gasteiger partial charge in [-0.15, -0.1) is 11.3 Å². The first kappa shape index (κ1) is 15.1. The maximum Gasteiger partial charge on any atom is 0.338 e. The van der Waals surface area contributed by atoms with E-state index in [1.807, 2.05) is 37.3 Å². The van der Waals surface area contributed by atoms with Crippen molar-refractivity contribution in [3.63, 3.8) is 0 Å². The van der Waals surface area contributed by atoms with Crippen LogP contribution in [0.15, 0.2) is 41.8 Å². The highest BCUT2D eigenvalue weighted by atomic mass is 32.1. The molecule has 2 rings (SSSR count). The number of carbonyl (C=O) groups excluding carboxylic acids is 1. The number of nitrogens with one attached hydrogen (secondary N) is 1. The standard InChI is InChI=1S/C15H16N2O3S/c1-2-17(10-11-6-4-3-5-7-11)15(20)16-13-12(14(18)19)8-9-21-13/h3-9H,2,10H2,1H3,(H,16,20)(H,18,19). The summed E-state index contributed by atoms with van der Waals surface area (Å²) in [6.45, 7) is 2.90. The van der Waals surface area contributed by atoms with Crippen LogP contribution in [0.25, 0.3) is 0 Å². The van der Waals surface area contributed by atoms with Gasteiger partial charge in [0.2, 0.25) is 0 Å². The first-order valence-corrected chi connectivity index (χ1v) is 7.40. The van der Waals surface area contributed by atoms with Gasteiger partial charge in [-0.3, -0.25) is 5.32 Å². The van der Waals surface area contributed by atoms with Crippen molar-refractivity contribution in [1.29, 1.82) is 0 Å². The van der Waals surface area contributed by atoms with E-state index >= 15 is 0 Å². The van der Waals surface area contributed by atoms with Crippen LogP contribution in [0.5, 0.6) is 0 Å². The van der Waals surface area contributed by atoms with Gasteiger partial charge in [-0.05, 0) is 23.9 Å². The predicted molar refractivity (Wildman–Crippen MR) is 82.8 cm³/mol. The molecular weight excluding hydrogens is 288 g/mol. The molecule has 110 valence electrons. The van der Waals surface area contributed by atoms with Crippen molar-refractivity contribution in [2.75, 3.05) is 11.9 Å². The lowest BCUT2D eigenvalue weighted by molar-refractivity contribution is 0.0698. The molecule has 0 saturated carbocycles. The van der Waals surface area contributed by atoms with Gasteiger partial charge in [-0.1, -0.05) is 30.3 Å². The van der Waals surface area contributed by atoms with E-state index in [0.29, 0.717) is 18.1 Å². The van der Waals surface area contributed by atoms with Crippen LogP contribution in [0, 0.1) is 0 Å². The Morgan fingerprint density at radius 2 is 1.95 bits per heavy atom. The number of rotatable bonds is 5. The molecule has 0 aliphatic heterocycles. The van der Waals surface area contributed by atoms with Gasteiger partial charge in [0, 0.05) is 13.1 Å². The van der Waals surface area contributed by atoms with E-state index in [4.69, 9.17) is 5.11 Å². The maximum atomic E-state index is 12.2. The number of carboxylic acids is 1. The number of aromatic carboxylic acids is 1. The van der Waals surface area contributed by atoms with Crippen LogP contribution in [-0.4, -0.2) is 28.6 Å². The van der Waals surface area contributed by atoms with Gasteiger partial charge in [-0.25, -0.2) is 9.59 Å². The molecule has 2 N–H and O–H groups in total. The highest BCUT2D eigenvalue weighted by Gasteiger charge is 2.17. The van der Waals surface area contributed by atoms with Crippen LogP contribution in [-0.2, 0) is 6.54 Å². The van der Waals surface area contributed by atoms with Gasteiger partial charge in [0.25, 0.3) is 0 Å². The van der Waals surface area contributed by atoms with Crippen LogP contribution < -0.4 is 5.32 Å². The Hall–Kier alpha value is -2.34. The zero-order valence-corrected chi connectivity index (χ0v) is 12.4. The number of urea groups is 1. The highest BCUT2D eigenvalue weighted by Crippen LogP contribution is 2.23. The molecule has 0 radical (unpaired) electrons. The van der Waals surface area contributed by atoms with E-state index in [1.54, 1.807) is 10.3 Å². The molecule has 0 bridgehead atoms. The molecule has 21 heavy (non-hydrogen) atoms. The monoisotopic (exact) mass is 304 g/mol. The zero-order valence-electron chi connectivity index (χ0n) is 11.6. The molecule has 0 fully saturated rings. The molecule has 0 saturated heterocycles.